The first-order valence-electron chi connectivity index (χ1n) is 9.46. The number of hydrogen-bond acceptors (Lipinski definition) is 3. The van der Waals surface area contributed by atoms with Gasteiger partial charge in [-0.2, -0.15) is 5.10 Å². The molecule has 1 saturated heterocycles. The van der Waals surface area contributed by atoms with Gasteiger partial charge in [-0.15, -0.1) is 0 Å². The highest BCUT2D eigenvalue weighted by atomic mass is 19.1. The lowest BCUT2D eigenvalue weighted by atomic mass is 10.1. The van der Waals surface area contributed by atoms with Gasteiger partial charge in [0.05, 0.1) is 5.69 Å². The average molecular weight is 378 g/mol. The first-order chi connectivity index (χ1) is 13.6. The molecular weight excluding hydrogens is 355 g/mol. The predicted octanol–water partition coefficient (Wildman–Crippen LogP) is 3.18. The Kier molecular flexibility index (Phi) is 5.21. The van der Waals surface area contributed by atoms with Crippen LogP contribution in [0.5, 0.6) is 0 Å². The molecule has 6 heteroatoms. The summed E-state index contributed by atoms with van der Waals surface area (Å²) in [5, 5.41) is 4.39. The summed E-state index contributed by atoms with van der Waals surface area (Å²) < 4.78 is 14.8. The third kappa shape index (κ3) is 3.97. The number of halogens is 1. The number of piperazine rings is 1. The second kappa shape index (κ2) is 7.94. The summed E-state index contributed by atoms with van der Waals surface area (Å²) in [5.41, 5.74) is 3.35. The minimum atomic E-state index is -0.282. The van der Waals surface area contributed by atoms with Crippen LogP contribution in [0.3, 0.4) is 0 Å². The number of benzene rings is 2. The van der Waals surface area contributed by atoms with Crippen molar-refractivity contribution in [1.29, 1.82) is 0 Å². The average Bonchev–Trinajstić information content (AvgIpc) is 3.11. The molecule has 1 aliphatic heterocycles. The molecule has 0 bridgehead atoms. The minimum Gasteiger partial charge on any atom is -0.335 e. The Morgan fingerprint density at radius 2 is 1.68 bits per heavy atom. The molecule has 0 unspecified atom stereocenters. The summed E-state index contributed by atoms with van der Waals surface area (Å²) in [6.45, 7) is 3.97. The zero-order valence-electron chi connectivity index (χ0n) is 15.9. The molecule has 5 nitrogen and oxygen atoms in total. The van der Waals surface area contributed by atoms with Gasteiger partial charge < -0.3 is 4.90 Å². The van der Waals surface area contributed by atoms with E-state index in [0.717, 1.165) is 30.9 Å². The fourth-order valence-corrected chi connectivity index (χ4v) is 3.58. The van der Waals surface area contributed by atoms with Crippen LogP contribution in [-0.4, -0.2) is 51.7 Å². The van der Waals surface area contributed by atoms with Crippen molar-refractivity contribution in [2.24, 2.45) is 7.05 Å². The van der Waals surface area contributed by atoms with Crippen molar-refractivity contribution >= 4 is 5.91 Å². The van der Waals surface area contributed by atoms with Gasteiger partial charge in [-0.1, -0.05) is 30.3 Å². The maximum Gasteiger partial charge on any atom is 0.274 e. The number of rotatable bonds is 4. The van der Waals surface area contributed by atoms with Gasteiger partial charge >= 0.3 is 0 Å². The Bertz CT molecular complexity index is 944. The zero-order valence-corrected chi connectivity index (χ0v) is 15.9. The van der Waals surface area contributed by atoms with Crippen molar-refractivity contribution in [3.05, 3.63) is 77.7 Å². The molecule has 0 spiro atoms. The van der Waals surface area contributed by atoms with Gasteiger partial charge in [-0.05, 0) is 41.5 Å². The number of amides is 1. The summed E-state index contributed by atoms with van der Waals surface area (Å²) in [6.07, 6.45) is 0. The summed E-state index contributed by atoms with van der Waals surface area (Å²) >= 11 is 0. The quantitative estimate of drug-likeness (QED) is 0.700. The van der Waals surface area contributed by atoms with E-state index in [4.69, 9.17) is 0 Å². The van der Waals surface area contributed by atoms with Gasteiger partial charge in [0.25, 0.3) is 5.91 Å². The Balaban J connectivity index is 1.40. The number of carbonyl (C=O) groups is 1. The molecular formula is C22H23FN4O. The molecule has 1 amide bonds. The van der Waals surface area contributed by atoms with E-state index in [1.165, 1.54) is 17.7 Å². The van der Waals surface area contributed by atoms with E-state index in [-0.39, 0.29) is 11.7 Å². The van der Waals surface area contributed by atoms with Gasteiger partial charge in [0.1, 0.15) is 5.82 Å². The molecule has 0 aliphatic carbocycles. The van der Waals surface area contributed by atoms with E-state index in [1.807, 2.05) is 11.0 Å². The summed E-state index contributed by atoms with van der Waals surface area (Å²) in [6, 6.07) is 18.4. The fourth-order valence-electron chi connectivity index (χ4n) is 3.58. The van der Waals surface area contributed by atoms with Crippen LogP contribution in [0, 0.1) is 5.82 Å². The molecule has 144 valence electrons. The maximum atomic E-state index is 13.2. The van der Waals surface area contributed by atoms with Crippen molar-refractivity contribution in [3.8, 4) is 11.3 Å². The molecule has 3 aromatic rings. The molecule has 1 fully saturated rings. The highest BCUT2D eigenvalue weighted by Crippen LogP contribution is 2.21. The van der Waals surface area contributed by atoms with Crippen LogP contribution >= 0.6 is 0 Å². The zero-order chi connectivity index (χ0) is 19.5. The lowest BCUT2D eigenvalue weighted by Gasteiger charge is -2.34. The normalized spacial score (nSPS) is 15.0. The molecule has 2 aromatic carbocycles. The van der Waals surface area contributed by atoms with Gasteiger partial charge in [-0.3, -0.25) is 14.4 Å². The van der Waals surface area contributed by atoms with E-state index in [9.17, 15) is 9.18 Å². The van der Waals surface area contributed by atoms with E-state index < -0.39 is 0 Å². The Morgan fingerprint density at radius 3 is 2.36 bits per heavy atom. The molecule has 0 saturated carbocycles. The number of aryl methyl sites for hydroxylation is 1. The van der Waals surface area contributed by atoms with E-state index in [2.05, 4.69) is 34.3 Å². The first-order valence-corrected chi connectivity index (χ1v) is 9.46. The number of hydrogen-bond donors (Lipinski definition) is 0. The SMILES string of the molecule is Cn1nc(C(=O)N2CCN(Cc3ccccc3)CC2)cc1-c1ccc(F)cc1. The van der Waals surface area contributed by atoms with Gasteiger partial charge in [0.2, 0.25) is 0 Å². The second-order valence-electron chi connectivity index (χ2n) is 7.10. The van der Waals surface area contributed by atoms with E-state index >= 15 is 0 Å². The lowest BCUT2D eigenvalue weighted by molar-refractivity contribution is 0.0622. The predicted molar refractivity (Wildman–Crippen MR) is 106 cm³/mol. The number of nitrogens with zero attached hydrogens (tertiary/aromatic N) is 4. The lowest BCUT2D eigenvalue weighted by Crippen LogP contribution is -2.48. The van der Waals surface area contributed by atoms with Crippen LogP contribution in [0.1, 0.15) is 16.1 Å². The van der Waals surface area contributed by atoms with E-state index in [1.54, 1.807) is 29.9 Å². The van der Waals surface area contributed by atoms with Crippen molar-refractivity contribution in [3.63, 3.8) is 0 Å². The van der Waals surface area contributed by atoms with Crippen molar-refractivity contribution < 1.29 is 9.18 Å². The van der Waals surface area contributed by atoms with Crippen molar-refractivity contribution in [1.82, 2.24) is 19.6 Å². The van der Waals surface area contributed by atoms with Crippen LogP contribution in [-0.2, 0) is 13.6 Å². The summed E-state index contributed by atoms with van der Waals surface area (Å²) in [7, 11) is 1.80. The van der Waals surface area contributed by atoms with Crippen LogP contribution in [0.15, 0.2) is 60.7 Å². The second-order valence-corrected chi connectivity index (χ2v) is 7.10. The van der Waals surface area contributed by atoms with Crippen LogP contribution in [0.2, 0.25) is 0 Å². The molecule has 0 radical (unpaired) electrons. The molecule has 4 rings (SSSR count). The highest BCUT2D eigenvalue weighted by Gasteiger charge is 2.24. The molecule has 28 heavy (non-hydrogen) atoms. The first kappa shape index (κ1) is 18.4. The van der Waals surface area contributed by atoms with Crippen LogP contribution in [0.4, 0.5) is 4.39 Å². The molecule has 0 atom stereocenters. The Labute approximate surface area is 164 Å². The van der Waals surface area contributed by atoms with Crippen molar-refractivity contribution in [2.75, 3.05) is 26.2 Å². The van der Waals surface area contributed by atoms with Gasteiger partial charge in [0, 0.05) is 39.8 Å². The largest absolute Gasteiger partial charge is 0.335 e. The minimum absolute atomic E-state index is 0.0525. The van der Waals surface area contributed by atoms with Gasteiger partial charge in [0.15, 0.2) is 5.69 Å². The van der Waals surface area contributed by atoms with E-state index in [0.29, 0.717) is 18.8 Å². The number of aromatic nitrogens is 2. The third-order valence-electron chi connectivity index (χ3n) is 5.15. The third-order valence-corrected chi connectivity index (χ3v) is 5.15. The highest BCUT2D eigenvalue weighted by molar-refractivity contribution is 5.93. The standard InChI is InChI=1S/C22H23FN4O/c1-25-21(18-7-9-19(23)10-8-18)15-20(24-25)22(28)27-13-11-26(12-14-27)16-17-5-3-2-4-6-17/h2-10,15H,11-14,16H2,1H3. The summed E-state index contributed by atoms with van der Waals surface area (Å²) in [4.78, 5) is 17.1. The van der Waals surface area contributed by atoms with Gasteiger partial charge in [-0.25, -0.2) is 4.39 Å². The molecule has 0 N–H and O–H groups in total. The monoisotopic (exact) mass is 378 g/mol. The molecule has 2 heterocycles. The van der Waals surface area contributed by atoms with Crippen molar-refractivity contribution in [2.45, 2.75) is 6.54 Å². The Hall–Kier alpha value is -2.99. The fraction of sp³-hybridized carbons (Fsp3) is 0.273. The van der Waals surface area contributed by atoms with Crippen LogP contribution in [0.25, 0.3) is 11.3 Å². The Morgan fingerprint density at radius 1 is 1.00 bits per heavy atom. The molecule has 1 aliphatic rings. The topological polar surface area (TPSA) is 41.4 Å². The number of carbonyl (C=O) groups excluding carboxylic acids is 1. The summed E-state index contributed by atoms with van der Waals surface area (Å²) in [5.74, 6) is -0.334. The maximum absolute atomic E-state index is 13.2. The smallest absolute Gasteiger partial charge is 0.274 e. The molecule has 1 aromatic heterocycles. The van der Waals surface area contributed by atoms with Crippen LogP contribution < -0.4 is 0 Å².